The number of aromatic nitrogens is 2. The van der Waals surface area contributed by atoms with E-state index in [2.05, 4.69) is 27.3 Å². The van der Waals surface area contributed by atoms with Crippen molar-refractivity contribution in [2.75, 3.05) is 30.4 Å². The van der Waals surface area contributed by atoms with Crippen LogP contribution in [0.3, 0.4) is 0 Å². The maximum atomic E-state index is 13.0. The van der Waals surface area contributed by atoms with Crippen LogP contribution in [0.1, 0.15) is 42.4 Å². The lowest BCUT2D eigenvalue weighted by molar-refractivity contribution is 0.102. The SMILES string of the molecule is CCc1nc2c(OC)cccn2c1C(=O)Nc1ccc(N2CCCCC2)cc1. The summed E-state index contributed by atoms with van der Waals surface area (Å²) in [5.41, 5.74) is 3.97. The number of methoxy groups -OCH3 is 1. The average molecular weight is 378 g/mol. The lowest BCUT2D eigenvalue weighted by Crippen LogP contribution is -2.29. The standard InChI is InChI=1S/C22H26N4O2/c1-3-18-20(26-15-7-8-19(28-2)21(26)24-18)22(27)23-16-9-11-17(12-10-16)25-13-5-4-6-14-25/h7-12,15H,3-6,13-14H2,1-2H3,(H,23,27). The molecule has 4 rings (SSSR count). The summed E-state index contributed by atoms with van der Waals surface area (Å²) in [7, 11) is 1.61. The Labute approximate surface area is 165 Å². The van der Waals surface area contributed by atoms with Crippen LogP contribution in [0.25, 0.3) is 5.65 Å². The van der Waals surface area contributed by atoms with Gasteiger partial charge in [-0.15, -0.1) is 0 Å². The smallest absolute Gasteiger partial charge is 0.274 e. The second-order valence-corrected chi connectivity index (χ2v) is 7.08. The summed E-state index contributed by atoms with van der Waals surface area (Å²) in [6.07, 6.45) is 6.32. The van der Waals surface area contributed by atoms with Crippen LogP contribution in [-0.4, -0.2) is 35.5 Å². The Balaban J connectivity index is 1.58. The molecule has 0 saturated carbocycles. The van der Waals surface area contributed by atoms with Crippen molar-refractivity contribution in [3.05, 3.63) is 54.0 Å². The summed E-state index contributed by atoms with van der Waals surface area (Å²) >= 11 is 0. The van der Waals surface area contributed by atoms with Crippen molar-refractivity contribution in [3.63, 3.8) is 0 Å². The highest BCUT2D eigenvalue weighted by molar-refractivity contribution is 6.04. The summed E-state index contributed by atoms with van der Waals surface area (Å²) in [4.78, 5) is 20.0. The van der Waals surface area contributed by atoms with Crippen LogP contribution in [0.15, 0.2) is 42.6 Å². The molecule has 0 atom stereocenters. The molecule has 1 amide bonds. The quantitative estimate of drug-likeness (QED) is 0.725. The van der Waals surface area contributed by atoms with E-state index in [0.29, 0.717) is 23.5 Å². The molecule has 1 fully saturated rings. The van der Waals surface area contributed by atoms with E-state index in [-0.39, 0.29) is 5.91 Å². The largest absolute Gasteiger partial charge is 0.493 e. The lowest BCUT2D eigenvalue weighted by Gasteiger charge is -2.28. The zero-order valence-electron chi connectivity index (χ0n) is 16.4. The van der Waals surface area contributed by atoms with Gasteiger partial charge in [-0.2, -0.15) is 0 Å². The minimum absolute atomic E-state index is 0.164. The summed E-state index contributed by atoms with van der Waals surface area (Å²) in [5, 5.41) is 3.02. The Hall–Kier alpha value is -3.02. The molecule has 1 aromatic carbocycles. The molecule has 3 heterocycles. The number of hydrogen-bond acceptors (Lipinski definition) is 4. The molecule has 1 aliphatic heterocycles. The Morgan fingerprint density at radius 2 is 1.89 bits per heavy atom. The summed E-state index contributed by atoms with van der Waals surface area (Å²) in [6, 6.07) is 11.8. The van der Waals surface area contributed by atoms with E-state index in [1.54, 1.807) is 11.5 Å². The third-order valence-corrected chi connectivity index (χ3v) is 5.30. The number of aryl methyl sites for hydroxylation is 1. The van der Waals surface area contributed by atoms with Gasteiger partial charge in [-0.05, 0) is 62.1 Å². The van der Waals surface area contributed by atoms with Crippen molar-refractivity contribution in [1.82, 2.24) is 9.38 Å². The van der Waals surface area contributed by atoms with E-state index in [1.165, 1.54) is 24.9 Å². The molecule has 1 N–H and O–H groups in total. The molecule has 0 bridgehead atoms. The van der Waals surface area contributed by atoms with Crippen molar-refractivity contribution in [3.8, 4) is 5.75 Å². The van der Waals surface area contributed by atoms with Gasteiger partial charge in [0, 0.05) is 30.7 Å². The van der Waals surface area contributed by atoms with Crippen LogP contribution >= 0.6 is 0 Å². The number of pyridine rings is 1. The Bertz CT molecular complexity index is 972. The number of carbonyl (C=O) groups is 1. The maximum absolute atomic E-state index is 13.0. The molecule has 1 aliphatic rings. The number of nitrogens with one attached hydrogen (secondary N) is 1. The minimum Gasteiger partial charge on any atom is -0.493 e. The number of ether oxygens (including phenoxy) is 1. The number of rotatable bonds is 5. The molecular weight excluding hydrogens is 352 g/mol. The van der Waals surface area contributed by atoms with Crippen LogP contribution in [0.2, 0.25) is 0 Å². The molecule has 0 aliphatic carbocycles. The Kier molecular flexibility index (Phi) is 5.19. The number of benzene rings is 1. The number of nitrogens with zero attached hydrogens (tertiary/aromatic N) is 3. The van der Waals surface area contributed by atoms with E-state index >= 15 is 0 Å². The van der Waals surface area contributed by atoms with Crippen LogP contribution in [0.4, 0.5) is 11.4 Å². The number of imidazole rings is 1. The van der Waals surface area contributed by atoms with Gasteiger partial charge >= 0.3 is 0 Å². The van der Waals surface area contributed by atoms with Crippen molar-refractivity contribution >= 4 is 22.9 Å². The molecule has 0 radical (unpaired) electrons. The maximum Gasteiger partial charge on any atom is 0.274 e. The molecule has 0 unspecified atom stereocenters. The molecule has 0 spiro atoms. The van der Waals surface area contributed by atoms with Crippen molar-refractivity contribution in [2.24, 2.45) is 0 Å². The molecule has 146 valence electrons. The highest BCUT2D eigenvalue weighted by atomic mass is 16.5. The zero-order valence-corrected chi connectivity index (χ0v) is 16.4. The van der Waals surface area contributed by atoms with Gasteiger partial charge in [0.15, 0.2) is 11.4 Å². The van der Waals surface area contributed by atoms with Crippen molar-refractivity contribution in [1.29, 1.82) is 0 Å². The minimum atomic E-state index is -0.164. The predicted molar refractivity (Wildman–Crippen MR) is 112 cm³/mol. The molecule has 3 aromatic rings. The number of anilines is 2. The Morgan fingerprint density at radius 1 is 1.14 bits per heavy atom. The van der Waals surface area contributed by atoms with Crippen LogP contribution in [0, 0.1) is 0 Å². The molecule has 2 aromatic heterocycles. The highest BCUT2D eigenvalue weighted by Crippen LogP contribution is 2.25. The first-order chi connectivity index (χ1) is 13.7. The van der Waals surface area contributed by atoms with Gasteiger partial charge in [-0.1, -0.05) is 6.92 Å². The third kappa shape index (κ3) is 3.42. The summed E-state index contributed by atoms with van der Waals surface area (Å²) < 4.78 is 7.19. The summed E-state index contributed by atoms with van der Waals surface area (Å²) in [6.45, 7) is 4.21. The van der Waals surface area contributed by atoms with Gasteiger partial charge in [0.1, 0.15) is 5.69 Å². The number of hydrogen-bond donors (Lipinski definition) is 1. The first-order valence-electron chi connectivity index (χ1n) is 9.91. The fourth-order valence-electron chi connectivity index (χ4n) is 3.83. The zero-order chi connectivity index (χ0) is 19.5. The topological polar surface area (TPSA) is 58.9 Å². The molecule has 6 nitrogen and oxygen atoms in total. The lowest BCUT2D eigenvalue weighted by atomic mass is 10.1. The molecular formula is C22H26N4O2. The van der Waals surface area contributed by atoms with Gasteiger partial charge < -0.3 is 15.0 Å². The van der Waals surface area contributed by atoms with Crippen LogP contribution in [-0.2, 0) is 6.42 Å². The van der Waals surface area contributed by atoms with E-state index in [0.717, 1.165) is 24.5 Å². The second-order valence-electron chi connectivity index (χ2n) is 7.08. The van der Waals surface area contributed by atoms with Gasteiger partial charge in [0.2, 0.25) is 0 Å². The van der Waals surface area contributed by atoms with E-state index < -0.39 is 0 Å². The van der Waals surface area contributed by atoms with Gasteiger partial charge in [-0.25, -0.2) is 4.98 Å². The van der Waals surface area contributed by atoms with Crippen LogP contribution < -0.4 is 15.0 Å². The molecule has 28 heavy (non-hydrogen) atoms. The van der Waals surface area contributed by atoms with E-state index in [4.69, 9.17) is 4.74 Å². The van der Waals surface area contributed by atoms with E-state index in [1.807, 2.05) is 37.4 Å². The number of carbonyl (C=O) groups excluding carboxylic acids is 1. The monoisotopic (exact) mass is 378 g/mol. The predicted octanol–water partition coefficient (Wildman–Crippen LogP) is 4.15. The van der Waals surface area contributed by atoms with Gasteiger partial charge in [0.05, 0.1) is 12.8 Å². The molecule has 1 saturated heterocycles. The van der Waals surface area contributed by atoms with E-state index in [9.17, 15) is 4.79 Å². The van der Waals surface area contributed by atoms with Gasteiger partial charge in [0.25, 0.3) is 5.91 Å². The highest BCUT2D eigenvalue weighted by Gasteiger charge is 2.20. The first kappa shape index (κ1) is 18.3. The number of piperidine rings is 1. The normalized spacial score (nSPS) is 14.3. The fourth-order valence-corrected chi connectivity index (χ4v) is 3.83. The fraction of sp³-hybridized carbons (Fsp3) is 0.364. The average Bonchev–Trinajstić information content (AvgIpc) is 3.14. The second kappa shape index (κ2) is 7.92. The van der Waals surface area contributed by atoms with Crippen molar-refractivity contribution < 1.29 is 9.53 Å². The van der Waals surface area contributed by atoms with Crippen LogP contribution in [0.5, 0.6) is 5.75 Å². The Morgan fingerprint density at radius 3 is 2.57 bits per heavy atom. The third-order valence-electron chi connectivity index (χ3n) is 5.30. The van der Waals surface area contributed by atoms with Gasteiger partial charge in [-0.3, -0.25) is 9.20 Å². The summed E-state index contributed by atoms with van der Waals surface area (Å²) in [5.74, 6) is 0.491. The number of fused-ring (bicyclic) bond motifs is 1. The van der Waals surface area contributed by atoms with Crippen molar-refractivity contribution in [2.45, 2.75) is 32.6 Å². The number of amides is 1. The molecule has 6 heteroatoms. The first-order valence-corrected chi connectivity index (χ1v) is 9.91.